The Morgan fingerprint density at radius 3 is 0.845 bits per heavy atom. The van der Waals surface area contributed by atoms with Crippen LogP contribution in [0.4, 0.5) is 0 Å². The van der Waals surface area contributed by atoms with Crippen LogP contribution in [0.25, 0.3) is 0 Å². The summed E-state index contributed by atoms with van der Waals surface area (Å²) in [5.74, 6) is -0.0462. The number of hydrogen-bond donors (Lipinski definition) is 3. The van der Waals surface area contributed by atoms with Crippen molar-refractivity contribution in [3.05, 3.63) is 24.3 Å². The van der Waals surface area contributed by atoms with Crippen LogP contribution in [0.2, 0.25) is 0 Å². The Balaban J connectivity index is 3.35. The average Bonchev–Trinajstić information content (AvgIpc) is 3.51. The van der Waals surface area contributed by atoms with E-state index in [0.717, 1.165) is 44.9 Å². The van der Waals surface area contributed by atoms with Gasteiger partial charge in [0.25, 0.3) is 0 Å². The van der Waals surface area contributed by atoms with Crippen LogP contribution >= 0.6 is 0 Å². The monoisotopic (exact) mass is 1180 g/mol. The lowest BCUT2D eigenvalue weighted by atomic mass is 10.0. The molecule has 0 aliphatic heterocycles. The number of unbranched alkanes of at least 4 members (excludes halogenated alkanes) is 60. The van der Waals surface area contributed by atoms with E-state index in [4.69, 9.17) is 4.74 Å². The van der Waals surface area contributed by atoms with E-state index in [1.54, 1.807) is 6.08 Å². The molecule has 1 amide bonds. The third-order valence-electron chi connectivity index (χ3n) is 18.2. The van der Waals surface area contributed by atoms with Gasteiger partial charge in [0.1, 0.15) is 0 Å². The van der Waals surface area contributed by atoms with Gasteiger partial charge < -0.3 is 20.3 Å². The summed E-state index contributed by atoms with van der Waals surface area (Å²) >= 11 is 0. The second-order valence-electron chi connectivity index (χ2n) is 26.7. The van der Waals surface area contributed by atoms with Crippen molar-refractivity contribution in [2.75, 3.05) is 13.2 Å². The largest absolute Gasteiger partial charge is 0.466 e. The molecule has 0 saturated carbocycles. The maximum Gasteiger partial charge on any atom is 0.305 e. The zero-order chi connectivity index (χ0) is 60.6. The molecule has 0 aliphatic rings. The number of esters is 1. The van der Waals surface area contributed by atoms with Crippen molar-refractivity contribution in [3.8, 4) is 0 Å². The molecule has 0 aliphatic carbocycles. The van der Waals surface area contributed by atoms with Gasteiger partial charge in [0.2, 0.25) is 5.91 Å². The highest BCUT2D eigenvalue weighted by Gasteiger charge is 2.18. The average molecular weight is 1180 g/mol. The molecule has 84 heavy (non-hydrogen) atoms. The van der Waals surface area contributed by atoms with Gasteiger partial charge in [0.15, 0.2) is 0 Å². The molecule has 0 bridgehead atoms. The van der Waals surface area contributed by atoms with Crippen LogP contribution in [-0.4, -0.2) is 47.4 Å². The molecule has 6 heteroatoms. The molecule has 498 valence electrons. The second kappa shape index (κ2) is 73.8. The van der Waals surface area contributed by atoms with E-state index in [1.807, 2.05) is 6.08 Å². The normalized spacial score (nSPS) is 12.6. The number of hydrogen-bond acceptors (Lipinski definition) is 5. The van der Waals surface area contributed by atoms with Gasteiger partial charge in [0.05, 0.1) is 25.4 Å². The van der Waals surface area contributed by atoms with Crippen LogP contribution in [-0.2, 0) is 14.3 Å². The molecule has 0 aromatic carbocycles. The van der Waals surface area contributed by atoms with E-state index in [2.05, 4.69) is 31.3 Å². The molecule has 0 fully saturated rings. The first-order valence-electron chi connectivity index (χ1n) is 38.6. The molecular weight excluding hydrogens is 1030 g/mol. The maximum absolute atomic E-state index is 12.5. The summed E-state index contributed by atoms with van der Waals surface area (Å²) in [6.45, 7) is 4.94. The molecule has 6 nitrogen and oxygen atoms in total. The van der Waals surface area contributed by atoms with Crippen LogP contribution in [0.15, 0.2) is 24.3 Å². The van der Waals surface area contributed by atoms with Crippen molar-refractivity contribution < 1.29 is 24.5 Å². The van der Waals surface area contributed by atoms with Crippen LogP contribution < -0.4 is 5.32 Å². The smallest absolute Gasteiger partial charge is 0.305 e. The molecule has 0 saturated heterocycles. The number of ether oxygens (including phenoxy) is 1. The number of aliphatic hydroxyl groups is 2. The Bertz CT molecular complexity index is 1320. The zero-order valence-electron chi connectivity index (χ0n) is 57.2. The van der Waals surface area contributed by atoms with Crippen LogP contribution in [0, 0.1) is 0 Å². The maximum atomic E-state index is 12.5. The van der Waals surface area contributed by atoms with Crippen molar-refractivity contribution in [1.29, 1.82) is 0 Å². The van der Waals surface area contributed by atoms with Gasteiger partial charge in [-0.2, -0.15) is 0 Å². The van der Waals surface area contributed by atoms with Crippen molar-refractivity contribution in [2.24, 2.45) is 0 Å². The minimum atomic E-state index is -0.842. The highest BCUT2D eigenvalue weighted by Crippen LogP contribution is 2.20. The molecule has 0 aromatic heterocycles. The minimum absolute atomic E-state index is 0.0127. The van der Waals surface area contributed by atoms with E-state index in [-0.39, 0.29) is 18.5 Å². The quantitative estimate of drug-likeness (QED) is 0.0320. The van der Waals surface area contributed by atoms with Gasteiger partial charge in [-0.1, -0.05) is 391 Å². The molecule has 0 radical (unpaired) electrons. The van der Waals surface area contributed by atoms with Gasteiger partial charge in [-0.05, 0) is 57.8 Å². The standard InChI is InChI=1S/C78H151NO5/c1-3-5-7-9-11-13-15-17-19-20-21-22-34-37-40-43-46-50-54-58-62-66-70-76(81)75(74-80)79-77(82)71-67-63-59-55-51-47-44-41-38-35-32-30-28-26-24-23-25-27-29-31-33-36-39-42-45-49-53-57-61-65-69-73-84-78(83)72-68-64-60-56-52-48-18-16-14-12-10-8-6-4-2/h16,18,66,70,75-76,80-81H,3-15,17,19-65,67-69,71-74H2,1-2H3,(H,79,82)/b18-16-,70-66+. The van der Waals surface area contributed by atoms with Gasteiger partial charge in [-0.15, -0.1) is 0 Å². The van der Waals surface area contributed by atoms with Crippen molar-refractivity contribution >= 4 is 11.9 Å². The second-order valence-corrected chi connectivity index (χ2v) is 26.7. The molecule has 0 heterocycles. The number of allylic oxidation sites excluding steroid dienone is 3. The lowest BCUT2D eigenvalue weighted by Crippen LogP contribution is -2.45. The Morgan fingerprint density at radius 1 is 0.321 bits per heavy atom. The van der Waals surface area contributed by atoms with Gasteiger partial charge in [-0.25, -0.2) is 0 Å². The van der Waals surface area contributed by atoms with Crippen molar-refractivity contribution in [1.82, 2.24) is 5.32 Å². The number of amides is 1. The fraction of sp³-hybridized carbons (Fsp3) is 0.923. The summed E-state index contributed by atoms with van der Waals surface area (Å²) < 4.78 is 5.49. The SMILES string of the molecule is CCCCCCC/C=C\CCCCCCCC(=O)OCCCCCCCCCCCCCCCCCCCCCCCCCCCCCCCCCC(=O)NC(CO)C(O)/C=C/CCCCCCCCCCCCCCCCCCCCCC. The Labute approximate surface area is 526 Å². The first kappa shape index (κ1) is 82.3. The summed E-state index contributed by atoms with van der Waals surface area (Å²) in [5.41, 5.74) is 0. The van der Waals surface area contributed by atoms with Gasteiger partial charge >= 0.3 is 5.97 Å². The number of rotatable bonds is 73. The lowest BCUT2D eigenvalue weighted by molar-refractivity contribution is -0.143. The first-order valence-corrected chi connectivity index (χ1v) is 38.6. The predicted molar refractivity (Wildman–Crippen MR) is 370 cm³/mol. The molecule has 2 atom stereocenters. The summed E-state index contributed by atoms with van der Waals surface area (Å²) in [6, 6.07) is -0.626. The van der Waals surface area contributed by atoms with Crippen molar-refractivity contribution in [2.45, 2.75) is 450 Å². The fourth-order valence-corrected chi connectivity index (χ4v) is 12.3. The van der Waals surface area contributed by atoms with E-state index in [0.29, 0.717) is 19.4 Å². The number of aliphatic hydroxyl groups excluding tert-OH is 2. The highest BCUT2D eigenvalue weighted by molar-refractivity contribution is 5.76. The molecule has 0 rings (SSSR count). The van der Waals surface area contributed by atoms with Crippen LogP contribution in [0.1, 0.15) is 438 Å². The predicted octanol–water partition coefficient (Wildman–Crippen LogP) is 25.3. The minimum Gasteiger partial charge on any atom is -0.466 e. The number of carbonyl (C=O) groups excluding carboxylic acids is 2. The molecule has 2 unspecified atom stereocenters. The van der Waals surface area contributed by atoms with Gasteiger partial charge in [-0.3, -0.25) is 9.59 Å². The van der Waals surface area contributed by atoms with E-state index >= 15 is 0 Å². The first-order chi connectivity index (χ1) is 41.5. The third-order valence-corrected chi connectivity index (χ3v) is 18.2. The molecule has 0 aromatic rings. The molecular formula is C78H151NO5. The lowest BCUT2D eigenvalue weighted by Gasteiger charge is -2.20. The fourth-order valence-electron chi connectivity index (χ4n) is 12.3. The van der Waals surface area contributed by atoms with Gasteiger partial charge in [0, 0.05) is 12.8 Å². The van der Waals surface area contributed by atoms with Crippen LogP contribution in [0.3, 0.4) is 0 Å². The Kier molecular flexibility index (Phi) is 72.3. The summed E-state index contributed by atoms with van der Waals surface area (Å²) in [7, 11) is 0. The summed E-state index contributed by atoms with van der Waals surface area (Å²) in [4.78, 5) is 24.6. The zero-order valence-corrected chi connectivity index (χ0v) is 57.2. The Hall–Kier alpha value is -1.66. The number of nitrogens with one attached hydrogen (secondary N) is 1. The summed E-state index contributed by atoms with van der Waals surface area (Å²) in [5, 5.41) is 23.3. The van der Waals surface area contributed by atoms with Crippen molar-refractivity contribution in [3.63, 3.8) is 0 Å². The molecule has 0 spiro atoms. The highest BCUT2D eigenvalue weighted by atomic mass is 16.5. The number of carbonyl (C=O) groups is 2. The molecule has 3 N–H and O–H groups in total. The topological polar surface area (TPSA) is 95.9 Å². The third kappa shape index (κ3) is 69.4. The Morgan fingerprint density at radius 2 is 0.560 bits per heavy atom. The van der Waals surface area contributed by atoms with E-state index < -0.39 is 12.1 Å². The summed E-state index contributed by atoms with van der Waals surface area (Å²) in [6.07, 6.45) is 94.3. The van der Waals surface area contributed by atoms with E-state index in [1.165, 1.54) is 366 Å². The van der Waals surface area contributed by atoms with E-state index in [9.17, 15) is 19.8 Å². The van der Waals surface area contributed by atoms with Crippen LogP contribution in [0.5, 0.6) is 0 Å².